The van der Waals surface area contributed by atoms with E-state index in [0.717, 1.165) is 0 Å². The van der Waals surface area contributed by atoms with Crippen molar-refractivity contribution in [3.8, 4) is 0 Å². The van der Waals surface area contributed by atoms with Crippen molar-refractivity contribution in [2.24, 2.45) is 5.73 Å². The lowest BCUT2D eigenvalue weighted by Gasteiger charge is -2.20. The summed E-state index contributed by atoms with van der Waals surface area (Å²) in [6.07, 6.45) is 0. The Balaban J connectivity index is 4.45. The molecule has 0 heterocycles. The Labute approximate surface area is 97.1 Å². The first-order valence-corrected chi connectivity index (χ1v) is 6.57. The van der Waals surface area contributed by atoms with Crippen molar-refractivity contribution in [2.45, 2.75) is 25.1 Å². The molecule has 0 aliphatic rings. The van der Waals surface area contributed by atoms with Crippen LogP contribution < -0.4 is 10.5 Å². The van der Waals surface area contributed by atoms with Crippen molar-refractivity contribution in [2.75, 3.05) is 20.6 Å². The molecule has 0 radical (unpaired) electrons. The van der Waals surface area contributed by atoms with E-state index in [4.69, 9.17) is 5.73 Å². The largest absolute Gasteiger partial charge is 0.392 e. The van der Waals surface area contributed by atoms with Gasteiger partial charge in [-0.15, -0.1) is 0 Å². The predicted octanol–water partition coefficient (Wildman–Crippen LogP) is -0.469. The Hall–Kier alpha value is -0.240. The fourth-order valence-corrected chi connectivity index (χ4v) is 2.65. The monoisotopic (exact) mass is 253 g/mol. The third-order valence-corrected chi connectivity index (χ3v) is 4.29. The first-order chi connectivity index (χ1) is 6.66. The molecular formula is C8H19N3O2S2. The molecule has 0 aromatic carbocycles. The van der Waals surface area contributed by atoms with Gasteiger partial charge in [0.2, 0.25) is 10.0 Å². The highest BCUT2D eigenvalue weighted by Crippen LogP contribution is 2.00. The molecule has 5 nitrogen and oxygen atoms in total. The van der Waals surface area contributed by atoms with Crippen LogP contribution in [0.5, 0.6) is 0 Å². The molecule has 0 spiro atoms. The summed E-state index contributed by atoms with van der Waals surface area (Å²) < 4.78 is 25.9. The number of hydrogen-bond donors (Lipinski definition) is 2. The van der Waals surface area contributed by atoms with Crippen molar-refractivity contribution in [1.82, 2.24) is 9.62 Å². The molecule has 0 amide bonds. The topological polar surface area (TPSA) is 75.4 Å². The maximum atomic E-state index is 11.7. The lowest BCUT2D eigenvalue weighted by Crippen LogP contribution is -2.46. The van der Waals surface area contributed by atoms with Gasteiger partial charge in [0, 0.05) is 12.6 Å². The first kappa shape index (κ1) is 14.8. The molecule has 2 atom stereocenters. The molecule has 0 aliphatic heterocycles. The minimum Gasteiger partial charge on any atom is -0.392 e. The van der Waals surface area contributed by atoms with E-state index in [-0.39, 0.29) is 11.0 Å². The van der Waals surface area contributed by atoms with Crippen molar-refractivity contribution in [3.05, 3.63) is 0 Å². The van der Waals surface area contributed by atoms with Gasteiger partial charge in [-0.05, 0) is 27.9 Å². The van der Waals surface area contributed by atoms with E-state index in [1.54, 1.807) is 6.92 Å². The molecule has 0 aliphatic carbocycles. The van der Waals surface area contributed by atoms with Gasteiger partial charge < -0.3 is 10.6 Å². The number of sulfonamides is 1. The lowest BCUT2D eigenvalue weighted by molar-refractivity contribution is 0.370. The summed E-state index contributed by atoms with van der Waals surface area (Å²) in [5.74, 6) is 0. The van der Waals surface area contributed by atoms with Crippen LogP contribution in [0.4, 0.5) is 0 Å². The van der Waals surface area contributed by atoms with E-state index < -0.39 is 15.3 Å². The van der Waals surface area contributed by atoms with Gasteiger partial charge in [0.15, 0.2) is 0 Å². The molecule has 3 N–H and O–H groups in total. The number of rotatable bonds is 6. The number of nitrogens with zero attached hydrogens (tertiary/aromatic N) is 1. The van der Waals surface area contributed by atoms with Gasteiger partial charge in [-0.2, -0.15) is 0 Å². The Bertz CT molecular complexity index is 314. The van der Waals surface area contributed by atoms with E-state index in [1.807, 2.05) is 19.0 Å². The van der Waals surface area contributed by atoms with Crippen LogP contribution in [0, 0.1) is 0 Å². The van der Waals surface area contributed by atoms with Crippen LogP contribution in [-0.4, -0.2) is 50.2 Å². The smallest absolute Gasteiger partial charge is 0.221 e. The fourth-order valence-electron chi connectivity index (χ4n) is 1.12. The summed E-state index contributed by atoms with van der Waals surface area (Å²) in [6, 6.07) is -0.165. The van der Waals surface area contributed by atoms with Gasteiger partial charge in [-0.1, -0.05) is 12.2 Å². The van der Waals surface area contributed by atoms with E-state index in [9.17, 15) is 8.42 Å². The zero-order chi connectivity index (χ0) is 12.2. The van der Waals surface area contributed by atoms with E-state index in [2.05, 4.69) is 16.9 Å². The van der Waals surface area contributed by atoms with Crippen LogP contribution in [-0.2, 0) is 10.0 Å². The van der Waals surface area contributed by atoms with Gasteiger partial charge >= 0.3 is 0 Å². The van der Waals surface area contributed by atoms with Crippen molar-refractivity contribution >= 4 is 27.2 Å². The van der Waals surface area contributed by atoms with Crippen LogP contribution >= 0.6 is 12.2 Å². The zero-order valence-corrected chi connectivity index (χ0v) is 11.2. The second kappa shape index (κ2) is 5.74. The summed E-state index contributed by atoms with van der Waals surface area (Å²) in [6.45, 7) is 3.90. The quantitative estimate of drug-likeness (QED) is 0.626. The molecular weight excluding hydrogens is 234 g/mol. The van der Waals surface area contributed by atoms with Gasteiger partial charge in [-0.3, -0.25) is 0 Å². The fraction of sp³-hybridized carbons (Fsp3) is 0.875. The number of likely N-dealkylation sites (N-methyl/N-ethyl adjacent to an activating group) is 1. The maximum absolute atomic E-state index is 11.7. The highest BCUT2D eigenvalue weighted by molar-refractivity contribution is 7.93. The number of thiocarbonyl (C=S) groups is 1. The second-order valence-electron chi connectivity index (χ2n) is 3.87. The summed E-state index contributed by atoms with van der Waals surface area (Å²) in [5, 5.41) is -0.836. The molecule has 90 valence electrons. The molecule has 0 fully saturated rings. The first-order valence-electron chi connectivity index (χ1n) is 4.62. The minimum absolute atomic E-state index is 0.0143. The van der Waals surface area contributed by atoms with E-state index in [1.165, 1.54) is 6.92 Å². The maximum Gasteiger partial charge on any atom is 0.221 e. The number of nitrogens with two attached hydrogens (primary N) is 1. The Morgan fingerprint density at radius 1 is 1.47 bits per heavy atom. The van der Waals surface area contributed by atoms with E-state index >= 15 is 0 Å². The molecule has 15 heavy (non-hydrogen) atoms. The highest BCUT2D eigenvalue weighted by Gasteiger charge is 2.24. The molecule has 2 unspecified atom stereocenters. The standard InChI is InChI=1S/C8H19N3O2S2/c1-6(5-11(3)4)10-15(12,13)7(2)8(9)14/h6-7,10H,5H2,1-4H3,(H2,9,14). The molecule has 0 rings (SSSR count). The molecule has 0 aromatic rings. The third kappa shape index (κ3) is 5.41. The van der Waals surface area contributed by atoms with Gasteiger partial charge in [0.05, 0.1) is 4.99 Å². The Kier molecular flexibility index (Phi) is 5.65. The number of hydrogen-bond acceptors (Lipinski definition) is 4. The zero-order valence-electron chi connectivity index (χ0n) is 9.52. The minimum atomic E-state index is -3.45. The van der Waals surface area contributed by atoms with E-state index in [0.29, 0.717) is 6.54 Å². The molecule has 0 aromatic heterocycles. The lowest BCUT2D eigenvalue weighted by atomic mass is 10.3. The Morgan fingerprint density at radius 3 is 2.27 bits per heavy atom. The molecule has 0 bridgehead atoms. The predicted molar refractivity (Wildman–Crippen MR) is 66.3 cm³/mol. The highest BCUT2D eigenvalue weighted by atomic mass is 32.2. The SMILES string of the molecule is CC(CN(C)C)NS(=O)(=O)C(C)C(N)=S. The van der Waals surface area contributed by atoms with Gasteiger partial charge in [-0.25, -0.2) is 13.1 Å². The van der Waals surface area contributed by atoms with Crippen LogP contribution in [0.3, 0.4) is 0 Å². The third-order valence-electron chi connectivity index (χ3n) is 1.87. The average molecular weight is 253 g/mol. The van der Waals surface area contributed by atoms with Crippen molar-refractivity contribution in [3.63, 3.8) is 0 Å². The summed E-state index contributed by atoms with van der Waals surface area (Å²) >= 11 is 4.66. The summed E-state index contributed by atoms with van der Waals surface area (Å²) in [7, 11) is 0.306. The summed E-state index contributed by atoms with van der Waals surface area (Å²) in [5.41, 5.74) is 5.30. The molecule has 7 heteroatoms. The van der Waals surface area contributed by atoms with Crippen molar-refractivity contribution < 1.29 is 8.42 Å². The van der Waals surface area contributed by atoms with Gasteiger partial charge in [0.25, 0.3) is 0 Å². The Morgan fingerprint density at radius 2 is 1.93 bits per heavy atom. The average Bonchev–Trinajstić information content (AvgIpc) is 1.99. The normalized spacial score (nSPS) is 16.3. The van der Waals surface area contributed by atoms with Crippen LogP contribution in [0.1, 0.15) is 13.8 Å². The van der Waals surface area contributed by atoms with Crippen LogP contribution in [0.2, 0.25) is 0 Å². The second-order valence-corrected chi connectivity index (χ2v) is 6.37. The van der Waals surface area contributed by atoms with Crippen LogP contribution in [0.15, 0.2) is 0 Å². The number of nitrogens with one attached hydrogen (secondary N) is 1. The molecule has 0 saturated carbocycles. The van der Waals surface area contributed by atoms with Gasteiger partial charge in [0.1, 0.15) is 5.25 Å². The van der Waals surface area contributed by atoms with Crippen LogP contribution in [0.25, 0.3) is 0 Å². The summed E-state index contributed by atoms with van der Waals surface area (Å²) in [4.78, 5) is 1.89. The van der Waals surface area contributed by atoms with Crippen molar-refractivity contribution in [1.29, 1.82) is 0 Å². The molecule has 0 saturated heterocycles.